The van der Waals surface area contributed by atoms with Gasteiger partial charge in [0.15, 0.2) is 18.4 Å². The van der Waals surface area contributed by atoms with E-state index in [1.807, 2.05) is 7.05 Å². The van der Waals surface area contributed by atoms with Gasteiger partial charge in [0.25, 0.3) is 0 Å². The van der Waals surface area contributed by atoms with Crippen LogP contribution in [0.5, 0.6) is 0 Å². The van der Waals surface area contributed by atoms with E-state index in [9.17, 15) is 18.4 Å². The highest BCUT2D eigenvalue weighted by Gasteiger charge is 2.27. The first kappa shape index (κ1) is 22.6. The van der Waals surface area contributed by atoms with Gasteiger partial charge in [-0.3, -0.25) is 9.59 Å². The molecule has 0 radical (unpaired) electrons. The summed E-state index contributed by atoms with van der Waals surface area (Å²) in [6.07, 6.45) is 2.12. The Kier molecular flexibility index (Phi) is 6.85. The predicted octanol–water partition coefficient (Wildman–Crippen LogP) is 2.70. The van der Waals surface area contributed by atoms with Crippen LogP contribution >= 0.6 is 0 Å². The normalized spacial score (nSPS) is 15.1. The lowest BCUT2D eigenvalue weighted by Gasteiger charge is -2.28. The van der Waals surface area contributed by atoms with Gasteiger partial charge in [0, 0.05) is 19.9 Å². The monoisotopic (exact) mass is 433 g/mol. The number of amides is 1. The second-order valence-corrected chi connectivity index (χ2v) is 7.77. The number of piperidine rings is 1. The van der Waals surface area contributed by atoms with Gasteiger partial charge in [-0.15, -0.1) is 0 Å². The fraction of sp³-hybridized carbons (Fsp3) is 0.524. The van der Waals surface area contributed by atoms with E-state index in [1.165, 1.54) is 11.6 Å². The molecule has 1 aliphatic rings. The van der Waals surface area contributed by atoms with Crippen molar-refractivity contribution in [3.05, 3.63) is 23.3 Å². The number of hydrogen-bond acceptors (Lipinski definition) is 6. The summed E-state index contributed by atoms with van der Waals surface area (Å²) in [5.74, 6) is -2.51. The average Bonchev–Trinajstić information content (AvgIpc) is 3.10. The highest BCUT2D eigenvalue weighted by molar-refractivity contribution is 5.94. The van der Waals surface area contributed by atoms with E-state index in [0.717, 1.165) is 36.9 Å². The maximum atomic E-state index is 14.6. The molecule has 2 heterocycles. The molecule has 0 saturated carbocycles. The molecule has 1 aromatic heterocycles. The SMILES string of the molecule is CCC(=O)N(COC(=O)CC1CCN(C)CC1)c1nc2c(F)cc(C#N)c(F)c2n1C. The number of likely N-dealkylation sites (tertiary alicyclic amines) is 1. The number of halogens is 2. The smallest absolute Gasteiger partial charge is 0.307 e. The van der Waals surface area contributed by atoms with Gasteiger partial charge in [0.1, 0.15) is 17.1 Å². The number of anilines is 1. The maximum absolute atomic E-state index is 14.6. The summed E-state index contributed by atoms with van der Waals surface area (Å²) in [7, 11) is 3.44. The number of nitriles is 1. The molecule has 1 aliphatic heterocycles. The number of carbonyl (C=O) groups excluding carboxylic acids is 2. The average molecular weight is 433 g/mol. The Morgan fingerprint density at radius 1 is 1.32 bits per heavy atom. The third-order valence-electron chi connectivity index (χ3n) is 5.63. The van der Waals surface area contributed by atoms with Crippen LogP contribution in [0.25, 0.3) is 11.0 Å². The molecule has 3 rings (SSSR count). The summed E-state index contributed by atoms with van der Waals surface area (Å²) in [6, 6.07) is 2.37. The maximum Gasteiger partial charge on any atom is 0.307 e. The molecule has 0 aliphatic carbocycles. The second-order valence-electron chi connectivity index (χ2n) is 7.77. The van der Waals surface area contributed by atoms with Gasteiger partial charge in [0.05, 0.1) is 5.56 Å². The molecule has 31 heavy (non-hydrogen) atoms. The number of imidazole rings is 1. The number of carbonyl (C=O) groups is 2. The number of esters is 1. The van der Waals surface area contributed by atoms with Crippen LogP contribution in [0.1, 0.15) is 38.2 Å². The highest BCUT2D eigenvalue weighted by atomic mass is 19.1. The molecule has 1 fully saturated rings. The molecule has 1 aromatic carbocycles. The van der Waals surface area contributed by atoms with Gasteiger partial charge in [-0.1, -0.05) is 6.92 Å². The lowest BCUT2D eigenvalue weighted by molar-refractivity contribution is -0.145. The van der Waals surface area contributed by atoms with Crippen molar-refractivity contribution < 1.29 is 23.1 Å². The summed E-state index contributed by atoms with van der Waals surface area (Å²) in [4.78, 5) is 32.2. The first-order chi connectivity index (χ1) is 14.8. The zero-order valence-electron chi connectivity index (χ0n) is 17.8. The Morgan fingerprint density at radius 3 is 2.61 bits per heavy atom. The van der Waals surface area contributed by atoms with E-state index in [1.54, 1.807) is 13.0 Å². The first-order valence-electron chi connectivity index (χ1n) is 10.2. The number of ether oxygens (including phenoxy) is 1. The van der Waals surface area contributed by atoms with Crippen LogP contribution in [0.4, 0.5) is 14.7 Å². The summed E-state index contributed by atoms with van der Waals surface area (Å²) < 4.78 is 35.5. The molecule has 2 aromatic rings. The van der Waals surface area contributed by atoms with Gasteiger partial charge in [-0.25, -0.2) is 18.7 Å². The summed E-state index contributed by atoms with van der Waals surface area (Å²) >= 11 is 0. The third-order valence-corrected chi connectivity index (χ3v) is 5.63. The summed E-state index contributed by atoms with van der Waals surface area (Å²) in [6.45, 7) is 3.04. The Morgan fingerprint density at radius 2 is 2.00 bits per heavy atom. The van der Waals surface area contributed by atoms with E-state index in [4.69, 9.17) is 10.00 Å². The molecule has 0 unspecified atom stereocenters. The van der Waals surface area contributed by atoms with Crippen LogP contribution in [0, 0.1) is 28.9 Å². The van der Waals surface area contributed by atoms with Crippen molar-refractivity contribution in [1.29, 1.82) is 5.26 Å². The number of benzene rings is 1. The van der Waals surface area contributed by atoms with Crippen molar-refractivity contribution in [2.75, 3.05) is 31.8 Å². The van der Waals surface area contributed by atoms with Crippen LogP contribution in [0.3, 0.4) is 0 Å². The van der Waals surface area contributed by atoms with Gasteiger partial charge >= 0.3 is 5.97 Å². The Hall–Kier alpha value is -3.06. The van der Waals surface area contributed by atoms with Crippen LogP contribution in [-0.4, -0.2) is 53.2 Å². The molecular weight excluding hydrogens is 408 g/mol. The van der Waals surface area contributed by atoms with Crippen molar-refractivity contribution in [3.8, 4) is 6.07 Å². The molecule has 0 bridgehead atoms. The lowest BCUT2D eigenvalue weighted by atomic mass is 9.94. The lowest BCUT2D eigenvalue weighted by Crippen LogP contribution is -2.36. The minimum absolute atomic E-state index is 0.0677. The molecule has 0 N–H and O–H groups in total. The van der Waals surface area contributed by atoms with Crippen molar-refractivity contribution in [3.63, 3.8) is 0 Å². The van der Waals surface area contributed by atoms with Crippen LogP contribution in [0.2, 0.25) is 0 Å². The topological polar surface area (TPSA) is 91.5 Å². The molecule has 1 saturated heterocycles. The van der Waals surface area contributed by atoms with E-state index < -0.39 is 35.8 Å². The van der Waals surface area contributed by atoms with Crippen LogP contribution in [0.15, 0.2) is 6.07 Å². The zero-order valence-corrected chi connectivity index (χ0v) is 17.8. The number of fused-ring (bicyclic) bond motifs is 1. The van der Waals surface area contributed by atoms with E-state index in [2.05, 4.69) is 9.88 Å². The van der Waals surface area contributed by atoms with Crippen molar-refractivity contribution >= 4 is 28.9 Å². The van der Waals surface area contributed by atoms with Crippen molar-refractivity contribution in [2.45, 2.75) is 32.6 Å². The van der Waals surface area contributed by atoms with Gasteiger partial charge in [0.2, 0.25) is 11.9 Å². The minimum atomic E-state index is -0.927. The molecule has 8 nitrogen and oxygen atoms in total. The Bertz CT molecular complexity index is 1040. The quantitative estimate of drug-likeness (QED) is 0.514. The van der Waals surface area contributed by atoms with Crippen LogP contribution in [-0.2, 0) is 21.4 Å². The first-order valence-corrected chi connectivity index (χ1v) is 10.2. The highest BCUT2D eigenvalue weighted by Crippen LogP contribution is 2.28. The van der Waals surface area contributed by atoms with Gasteiger partial charge in [-0.05, 0) is 45.0 Å². The molecule has 0 spiro atoms. The number of aryl methyl sites for hydroxylation is 1. The number of rotatable bonds is 6. The molecular formula is C21H25F2N5O3. The molecule has 0 atom stereocenters. The number of nitrogens with zero attached hydrogens (tertiary/aromatic N) is 5. The van der Waals surface area contributed by atoms with E-state index in [-0.39, 0.29) is 35.7 Å². The molecule has 166 valence electrons. The summed E-state index contributed by atoms with van der Waals surface area (Å²) in [5.41, 5.74) is -1.00. The van der Waals surface area contributed by atoms with Gasteiger partial charge < -0.3 is 14.2 Å². The molecule has 10 heteroatoms. The van der Waals surface area contributed by atoms with Crippen molar-refractivity contribution in [2.24, 2.45) is 13.0 Å². The standard InChI is InChI=1S/C21H25F2N5O3/c1-4-16(29)28(12-31-17(30)9-13-5-7-26(2)8-6-13)21-25-19-15(22)10-14(11-24)18(23)20(19)27(21)3/h10,13H,4-9,12H2,1-3H3. The summed E-state index contributed by atoms with van der Waals surface area (Å²) in [5, 5.41) is 9.02. The second kappa shape index (κ2) is 9.39. The van der Waals surface area contributed by atoms with Crippen molar-refractivity contribution in [1.82, 2.24) is 14.5 Å². The zero-order chi connectivity index (χ0) is 22.7. The number of aromatic nitrogens is 2. The third kappa shape index (κ3) is 4.66. The van der Waals surface area contributed by atoms with Gasteiger partial charge in [-0.2, -0.15) is 5.26 Å². The van der Waals surface area contributed by atoms with E-state index >= 15 is 0 Å². The van der Waals surface area contributed by atoms with E-state index in [0.29, 0.717) is 0 Å². The molecule has 1 amide bonds. The Labute approximate surface area is 179 Å². The Balaban J connectivity index is 1.82. The predicted molar refractivity (Wildman–Crippen MR) is 109 cm³/mol. The van der Waals surface area contributed by atoms with Crippen LogP contribution < -0.4 is 4.90 Å². The largest absolute Gasteiger partial charge is 0.444 e. The fourth-order valence-electron chi connectivity index (χ4n) is 3.74. The minimum Gasteiger partial charge on any atom is -0.444 e. The number of hydrogen-bond donors (Lipinski definition) is 0. The fourth-order valence-corrected chi connectivity index (χ4v) is 3.74.